The second-order valence-electron chi connectivity index (χ2n) is 3.82. The molecular formula is C10H19N3. The average Bonchev–Trinajstić information content (AvgIpc) is 2.69. The molecule has 2 aliphatic rings. The zero-order chi connectivity index (χ0) is 8.93. The fourth-order valence-electron chi connectivity index (χ4n) is 1.92. The van der Waals surface area contributed by atoms with E-state index in [1.807, 2.05) is 0 Å². The van der Waals surface area contributed by atoms with Gasteiger partial charge in [0.15, 0.2) is 0 Å². The Balaban J connectivity index is 1.61. The topological polar surface area (TPSA) is 18.5 Å². The summed E-state index contributed by atoms with van der Waals surface area (Å²) >= 11 is 0. The monoisotopic (exact) mass is 181 g/mol. The summed E-state index contributed by atoms with van der Waals surface area (Å²) in [7, 11) is 0. The van der Waals surface area contributed by atoms with Gasteiger partial charge < -0.3 is 5.32 Å². The lowest BCUT2D eigenvalue weighted by molar-refractivity contribution is 0.208. The number of nitrogens with zero attached hydrogens (tertiary/aromatic N) is 2. The minimum absolute atomic E-state index is 1.16. The van der Waals surface area contributed by atoms with Crippen LogP contribution in [0.5, 0.6) is 0 Å². The summed E-state index contributed by atoms with van der Waals surface area (Å²) in [5.74, 6) is 0. The van der Waals surface area contributed by atoms with Crippen LogP contribution in [0.3, 0.4) is 0 Å². The summed E-state index contributed by atoms with van der Waals surface area (Å²) in [5, 5.41) is 3.38. The Morgan fingerprint density at radius 3 is 2.23 bits per heavy atom. The first kappa shape index (κ1) is 9.19. The molecule has 74 valence electrons. The van der Waals surface area contributed by atoms with E-state index in [4.69, 9.17) is 0 Å². The summed E-state index contributed by atoms with van der Waals surface area (Å²) in [6.45, 7) is 9.56. The van der Waals surface area contributed by atoms with E-state index in [0.717, 1.165) is 26.2 Å². The lowest BCUT2D eigenvalue weighted by atomic mass is 10.3. The SMILES string of the molecule is C1=CCN(CCN2CCNCC2)C1. The van der Waals surface area contributed by atoms with Gasteiger partial charge in [0.2, 0.25) is 0 Å². The van der Waals surface area contributed by atoms with Gasteiger partial charge in [-0.2, -0.15) is 0 Å². The molecule has 3 nitrogen and oxygen atoms in total. The highest BCUT2D eigenvalue weighted by molar-refractivity contribution is 4.95. The first-order valence-electron chi connectivity index (χ1n) is 5.25. The first-order valence-corrected chi connectivity index (χ1v) is 5.25. The molecule has 2 rings (SSSR count). The van der Waals surface area contributed by atoms with Crippen molar-refractivity contribution < 1.29 is 0 Å². The molecule has 0 spiro atoms. The van der Waals surface area contributed by atoms with Crippen LogP contribution in [0.1, 0.15) is 0 Å². The van der Waals surface area contributed by atoms with Gasteiger partial charge in [-0.25, -0.2) is 0 Å². The van der Waals surface area contributed by atoms with Crippen molar-refractivity contribution in [3.05, 3.63) is 12.2 Å². The number of hydrogen-bond acceptors (Lipinski definition) is 3. The van der Waals surface area contributed by atoms with Crippen molar-refractivity contribution in [1.82, 2.24) is 15.1 Å². The average molecular weight is 181 g/mol. The van der Waals surface area contributed by atoms with Crippen molar-refractivity contribution in [3.63, 3.8) is 0 Å². The van der Waals surface area contributed by atoms with E-state index in [9.17, 15) is 0 Å². The van der Waals surface area contributed by atoms with Crippen LogP contribution in [0, 0.1) is 0 Å². The quantitative estimate of drug-likeness (QED) is 0.606. The summed E-state index contributed by atoms with van der Waals surface area (Å²) in [4.78, 5) is 5.04. The Morgan fingerprint density at radius 1 is 0.923 bits per heavy atom. The van der Waals surface area contributed by atoms with Crippen LogP contribution in [0.4, 0.5) is 0 Å². The van der Waals surface area contributed by atoms with Gasteiger partial charge in [0, 0.05) is 52.4 Å². The number of hydrogen-bond donors (Lipinski definition) is 1. The predicted molar refractivity (Wildman–Crippen MR) is 54.9 cm³/mol. The molecule has 0 unspecified atom stereocenters. The Kier molecular flexibility index (Phi) is 3.35. The lowest BCUT2D eigenvalue weighted by Crippen LogP contribution is -2.46. The lowest BCUT2D eigenvalue weighted by Gasteiger charge is -2.28. The number of piperazine rings is 1. The molecule has 1 fully saturated rings. The van der Waals surface area contributed by atoms with Crippen LogP contribution in [-0.2, 0) is 0 Å². The smallest absolute Gasteiger partial charge is 0.0167 e. The van der Waals surface area contributed by atoms with E-state index < -0.39 is 0 Å². The van der Waals surface area contributed by atoms with Gasteiger partial charge in [0.1, 0.15) is 0 Å². The number of rotatable bonds is 3. The molecule has 2 aliphatic heterocycles. The van der Waals surface area contributed by atoms with Gasteiger partial charge in [0.25, 0.3) is 0 Å². The van der Waals surface area contributed by atoms with Crippen LogP contribution >= 0.6 is 0 Å². The molecule has 0 aliphatic carbocycles. The van der Waals surface area contributed by atoms with Crippen LogP contribution in [-0.4, -0.2) is 62.2 Å². The molecule has 3 heteroatoms. The van der Waals surface area contributed by atoms with Crippen LogP contribution in [0.15, 0.2) is 12.2 Å². The summed E-state index contributed by atoms with van der Waals surface area (Å²) in [6.07, 6.45) is 4.52. The normalized spacial score (nSPS) is 25.5. The third-order valence-electron chi connectivity index (χ3n) is 2.84. The zero-order valence-electron chi connectivity index (χ0n) is 8.21. The Morgan fingerprint density at radius 2 is 1.54 bits per heavy atom. The van der Waals surface area contributed by atoms with Gasteiger partial charge >= 0.3 is 0 Å². The molecule has 0 aromatic carbocycles. The third-order valence-corrected chi connectivity index (χ3v) is 2.84. The maximum absolute atomic E-state index is 3.38. The highest BCUT2D eigenvalue weighted by atomic mass is 15.2. The predicted octanol–water partition coefficient (Wildman–Crippen LogP) is -0.237. The molecule has 1 saturated heterocycles. The van der Waals surface area contributed by atoms with Crippen molar-refractivity contribution in [3.8, 4) is 0 Å². The van der Waals surface area contributed by atoms with E-state index in [2.05, 4.69) is 27.3 Å². The van der Waals surface area contributed by atoms with Gasteiger partial charge in [-0.05, 0) is 0 Å². The standard InChI is InChI=1S/C10H19N3/c1-2-6-12(5-1)9-10-13-7-3-11-4-8-13/h1-2,11H,3-10H2. The first-order chi connectivity index (χ1) is 6.45. The van der Waals surface area contributed by atoms with E-state index >= 15 is 0 Å². The molecule has 0 radical (unpaired) electrons. The summed E-state index contributed by atoms with van der Waals surface area (Å²) in [5.41, 5.74) is 0. The Hall–Kier alpha value is -0.380. The molecule has 0 bridgehead atoms. The molecule has 13 heavy (non-hydrogen) atoms. The van der Waals surface area contributed by atoms with Crippen molar-refractivity contribution >= 4 is 0 Å². The van der Waals surface area contributed by atoms with Gasteiger partial charge in [-0.15, -0.1) is 0 Å². The van der Waals surface area contributed by atoms with Crippen molar-refractivity contribution in [2.24, 2.45) is 0 Å². The molecule has 0 saturated carbocycles. The molecule has 0 aromatic heterocycles. The van der Waals surface area contributed by atoms with E-state index in [-0.39, 0.29) is 0 Å². The van der Waals surface area contributed by atoms with Crippen LogP contribution < -0.4 is 5.32 Å². The number of nitrogens with one attached hydrogen (secondary N) is 1. The summed E-state index contributed by atoms with van der Waals surface area (Å²) in [6, 6.07) is 0. The highest BCUT2D eigenvalue weighted by Gasteiger charge is 2.11. The van der Waals surface area contributed by atoms with Crippen molar-refractivity contribution in [1.29, 1.82) is 0 Å². The Labute approximate surface area is 80.4 Å². The van der Waals surface area contributed by atoms with Crippen molar-refractivity contribution in [2.45, 2.75) is 0 Å². The fraction of sp³-hybridized carbons (Fsp3) is 0.800. The zero-order valence-corrected chi connectivity index (χ0v) is 8.21. The minimum atomic E-state index is 1.16. The largest absolute Gasteiger partial charge is 0.314 e. The van der Waals surface area contributed by atoms with Crippen LogP contribution in [0.25, 0.3) is 0 Å². The molecule has 0 amide bonds. The molecule has 0 atom stereocenters. The maximum Gasteiger partial charge on any atom is 0.0167 e. The van der Waals surface area contributed by atoms with Gasteiger partial charge in [0.05, 0.1) is 0 Å². The maximum atomic E-state index is 3.38. The summed E-state index contributed by atoms with van der Waals surface area (Å²) < 4.78 is 0. The van der Waals surface area contributed by atoms with Crippen LogP contribution in [0.2, 0.25) is 0 Å². The molecule has 1 N–H and O–H groups in total. The van der Waals surface area contributed by atoms with E-state index in [0.29, 0.717) is 0 Å². The molecule has 0 aromatic rings. The molecular weight excluding hydrogens is 162 g/mol. The van der Waals surface area contributed by atoms with E-state index in [1.165, 1.54) is 26.2 Å². The van der Waals surface area contributed by atoms with Gasteiger partial charge in [-0.3, -0.25) is 9.80 Å². The Bertz CT molecular complexity index is 165. The second-order valence-corrected chi connectivity index (χ2v) is 3.82. The third kappa shape index (κ3) is 2.79. The van der Waals surface area contributed by atoms with Gasteiger partial charge in [-0.1, -0.05) is 12.2 Å². The molecule has 2 heterocycles. The highest BCUT2D eigenvalue weighted by Crippen LogP contribution is 1.99. The minimum Gasteiger partial charge on any atom is -0.314 e. The second kappa shape index (κ2) is 4.74. The van der Waals surface area contributed by atoms with Crippen molar-refractivity contribution in [2.75, 3.05) is 52.4 Å². The van der Waals surface area contributed by atoms with E-state index in [1.54, 1.807) is 0 Å². The fourth-order valence-corrected chi connectivity index (χ4v) is 1.92.